The molecule has 2 N–H and O–H groups in total. The second kappa shape index (κ2) is 5.13. The summed E-state index contributed by atoms with van der Waals surface area (Å²) < 4.78 is 5.32. The molecular weight excluding hydrogens is 256 g/mol. The largest absolute Gasteiger partial charge is 0.495 e. The molecule has 1 saturated carbocycles. The summed E-state index contributed by atoms with van der Waals surface area (Å²) in [7, 11) is 1.66. The number of nitrogen functional groups attached to an aromatic ring is 1. The standard InChI is InChI=1S/C15H18N2OS/c1-18-14-4-2-3-13(15(14)16)17(12-5-6-12)9-11-7-8-19-10-11/h2-4,7-8,10,12H,5-6,9,16H2,1H3. The number of nitrogens with two attached hydrogens (primary N) is 1. The van der Waals surface area contributed by atoms with Gasteiger partial charge in [-0.15, -0.1) is 0 Å². The van der Waals surface area contributed by atoms with Crippen LogP contribution < -0.4 is 15.4 Å². The molecule has 0 saturated heterocycles. The SMILES string of the molecule is COc1cccc(N(Cc2ccsc2)C2CC2)c1N. The molecule has 1 aliphatic carbocycles. The van der Waals surface area contributed by atoms with E-state index in [-0.39, 0.29) is 0 Å². The number of para-hydroxylation sites is 1. The molecule has 1 aromatic carbocycles. The maximum Gasteiger partial charge on any atom is 0.143 e. The van der Waals surface area contributed by atoms with E-state index in [2.05, 4.69) is 27.8 Å². The third-order valence-corrected chi connectivity index (χ3v) is 4.23. The van der Waals surface area contributed by atoms with Gasteiger partial charge >= 0.3 is 0 Å². The number of anilines is 2. The Hall–Kier alpha value is -1.68. The maximum absolute atomic E-state index is 6.23. The monoisotopic (exact) mass is 274 g/mol. The van der Waals surface area contributed by atoms with Gasteiger partial charge in [-0.05, 0) is 47.4 Å². The molecule has 0 bridgehead atoms. The summed E-state index contributed by atoms with van der Waals surface area (Å²) >= 11 is 1.74. The van der Waals surface area contributed by atoms with Gasteiger partial charge < -0.3 is 15.4 Å². The fourth-order valence-corrected chi connectivity index (χ4v) is 3.00. The van der Waals surface area contributed by atoms with Crippen LogP contribution in [0.15, 0.2) is 35.0 Å². The highest BCUT2D eigenvalue weighted by Gasteiger charge is 2.30. The molecular formula is C15H18N2OS. The molecule has 3 nitrogen and oxygen atoms in total. The molecule has 0 atom stereocenters. The van der Waals surface area contributed by atoms with Crippen LogP contribution >= 0.6 is 11.3 Å². The first-order chi connectivity index (χ1) is 9.29. The van der Waals surface area contributed by atoms with Crippen LogP contribution in [0.5, 0.6) is 5.75 Å². The van der Waals surface area contributed by atoms with Crippen LogP contribution in [0.1, 0.15) is 18.4 Å². The van der Waals surface area contributed by atoms with Gasteiger partial charge in [-0.25, -0.2) is 0 Å². The van der Waals surface area contributed by atoms with Crippen LogP contribution in [0.2, 0.25) is 0 Å². The molecule has 0 amide bonds. The average Bonchev–Trinajstić information content (AvgIpc) is 3.14. The lowest BCUT2D eigenvalue weighted by atomic mass is 10.2. The van der Waals surface area contributed by atoms with Gasteiger partial charge in [0.2, 0.25) is 0 Å². The highest BCUT2D eigenvalue weighted by molar-refractivity contribution is 7.07. The van der Waals surface area contributed by atoms with E-state index in [1.807, 2.05) is 12.1 Å². The van der Waals surface area contributed by atoms with Gasteiger partial charge in [0.15, 0.2) is 0 Å². The molecule has 3 rings (SSSR count). The van der Waals surface area contributed by atoms with Crippen molar-refractivity contribution in [3.8, 4) is 5.75 Å². The number of methoxy groups -OCH3 is 1. The predicted molar refractivity (Wildman–Crippen MR) is 80.9 cm³/mol. The zero-order valence-corrected chi connectivity index (χ0v) is 11.8. The van der Waals surface area contributed by atoms with Gasteiger partial charge in [-0.3, -0.25) is 0 Å². The molecule has 0 unspecified atom stereocenters. The Bertz CT molecular complexity index is 549. The fourth-order valence-electron chi connectivity index (χ4n) is 2.34. The molecule has 1 fully saturated rings. The summed E-state index contributed by atoms with van der Waals surface area (Å²) in [5.74, 6) is 0.758. The Morgan fingerprint density at radius 3 is 2.84 bits per heavy atom. The van der Waals surface area contributed by atoms with Crippen molar-refractivity contribution < 1.29 is 4.74 Å². The molecule has 19 heavy (non-hydrogen) atoms. The van der Waals surface area contributed by atoms with E-state index < -0.39 is 0 Å². The first-order valence-corrected chi connectivity index (χ1v) is 7.44. The smallest absolute Gasteiger partial charge is 0.143 e. The highest BCUT2D eigenvalue weighted by Crippen LogP contribution is 2.39. The van der Waals surface area contributed by atoms with Gasteiger partial charge in [0, 0.05) is 12.6 Å². The van der Waals surface area contributed by atoms with E-state index in [0.717, 1.165) is 23.7 Å². The second-order valence-corrected chi connectivity index (χ2v) is 5.66. The van der Waals surface area contributed by atoms with E-state index >= 15 is 0 Å². The molecule has 0 spiro atoms. The van der Waals surface area contributed by atoms with Gasteiger partial charge in [0.25, 0.3) is 0 Å². The first kappa shape index (κ1) is 12.4. The van der Waals surface area contributed by atoms with Crippen LogP contribution in [0.3, 0.4) is 0 Å². The molecule has 4 heteroatoms. The van der Waals surface area contributed by atoms with E-state index in [1.54, 1.807) is 18.4 Å². The summed E-state index contributed by atoms with van der Waals surface area (Å²) in [5.41, 5.74) is 9.41. The quantitative estimate of drug-likeness (QED) is 0.848. The minimum atomic E-state index is 0.620. The van der Waals surface area contributed by atoms with Crippen molar-refractivity contribution in [2.75, 3.05) is 17.7 Å². The minimum absolute atomic E-state index is 0.620. The molecule has 1 aliphatic rings. The number of rotatable bonds is 5. The van der Waals surface area contributed by atoms with Crippen molar-refractivity contribution in [1.29, 1.82) is 0 Å². The summed E-state index contributed by atoms with van der Waals surface area (Å²) in [4.78, 5) is 2.40. The fraction of sp³-hybridized carbons (Fsp3) is 0.333. The number of ether oxygens (including phenoxy) is 1. The molecule has 1 heterocycles. The van der Waals surface area contributed by atoms with Gasteiger partial charge in [-0.1, -0.05) is 6.07 Å². The summed E-state index contributed by atoms with van der Waals surface area (Å²) in [6, 6.07) is 8.80. The lowest BCUT2D eigenvalue weighted by molar-refractivity contribution is 0.417. The van der Waals surface area contributed by atoms with Crippen molar-refractivity contribution >= 4 is 22.7 Å². The van der Waals surface area contributed by atoms with E-state index in [9.17, 15) is 0 Å². The average molecular weight is 274 g/mol. The van der Waals surface area contributed by atoms with Crippen molar-refractivity contribution in [2.45, 2.75) is 25.4 Å². The second-order valence-electron chi connectivity index (χ2n) is 4.88. The van der Waals surface area contributed by atoms with Crippen LogP contribution in [0.4, 0.5) is 11.4 Å². The third-order valence-electron chi connectivity index (χ3n) is 3.49. The summed E-state index contributed by atoms with van der Waals surface area (Å²) in [6.45, 7) is 0.922. The van der Waals surface area contributed by atoms with Crippen LogP contribution in [-0.4, -0.2) is 13.2 Å². The van der Waals surface area contributed by atoms with Crippen LogP contribution in [0.25, 0.3) is 0 Å². The van der Waals surface area contributed by atoms with Gasteiger partial charge in [-0.2, -0.15) is 11.3 Å². The Labute approximate surface area is 117 Å². The number of hydrogen-bond donors (Lipinski definition) is 1. The normalized spacial score (nSPS) is 14.4. The Morgan fingerprint density at radius 1 is 1.37 bits per heavy atom. The van der Waals surface area contributed by atoms with Crippen molar-refractivity contribution in [1.82, 2.24) is 0 Å². The number of benzene rings is 1. The molecule has 1 aromatic heterocycles. The summed E-state index contributed by atoms with van der Waals surface area (Å²) in [6.07, 6.45) is 2.50. The summed E-state index contributed by atoms with van der Waals surface area (Å²) in [5, 5.41) is 4.32. The lowest BCUT2D eigenvalue weighted by Crippen LogP contribution is -2.25. The van der Waals surface area contributed by atoms with Crippen LogP contribution in [0, 0.1) is 0 Å². The van der Waals surface area contributed by atoms with E-state index in [0.29, 0.717) is 6.04 Å². The molecule has 2 aromatic rings. The molecule has 0 aliphatic heterocycles. The number of hydrogen-bond acceptors (Lipinski definition) is 4. The Balaban J connectivity index is 1.92. The molecule has 100 valence electrons. The maximum atomic E-state index is 6.23. The third kappa shape index (κ3) is 2.54. The predicted octanol–water partition coefficient (Wildman–Crippen LogP) is 3.51. The number of thiophene rings is 1. The lowest BCUT2D eigenvalue weighted by Gasteiger charge is -2.26. The van der Waals surface area contributed by atoms with Gasteiger partial charge in [0.05, 0.1) is 18.5 Å². The van der Waals surface area contributed by atoms with Crippen molar-refractivity contribution in [3.05, 3.63) is 40.6 Å². The topological polar surface area (TPSA) is 38.5 Å². The van der Waals surface area contributed by atoms with E-state index in [4.69, 9.17) is 10.5 Å². The van der Waals surface area contributed by atoms with Crippen molar-refractivity contribution in [2.24, 2.45) is 0 Å². The molecule has 0 radical (unpaired) electrons. The Kier molecular flexibility index (Phi) is 3.34. The van der Waals surface area contributed by atoms with E-state index in [1.165, 1.54) is 18.4 Å². The zero-order valence-electron chi connectivity index (χ0n) is 11.0. The highest BCUT2D eigenvalue weighted by atomic mass is 32.1. The Morgan fingerprint density at radius 2 is 2.21 bits per heavy atom. The number of nitrogens with zero attached hydrogens (tertiary/aromatic N) is 1. The first-order valence-electron chi connectivity index (χ1n) is 6.50. The minimum Gasteiger partial charge on any atom is -0.495 e. The van der Waals surface area contributed by atoms with Gasteiger partial charge in [0.1, 0.15) is 5.75 Å². The van der Waals surface area contributed by atoms with Crippen molar-refractivity contribution in [3.63, 3.8) is 0 Å². The zero-order chi connectivity index (χ0) is 13.2. The van der Waals surface area contributed by atoms with Crippen LogP contribution in [-0.2, 0) is 6.54 Å².